The van der Waals surface area contributed by atoms with E-state index >= 15 is 0 Å². The number of anilines is 2. The fraction of sp³-hybridized carbons (Fsp3) is 0.333. The summed E-state index contributed by atoms with van der Waals surface area (Å²) in [5, 5.41) is 2.81. The first kappa shape index (κ1) is 17.7. The van der Waals surface area contributed by atoms with Gasteiger partial charge in [-0.05, 0) is 25.1 Å². The highest BCUT2D eigenvalue weighted by molar-refractivity contribution is 6.00. The molecule has 0 atom stereocenters. The second-order valence-corrected chi connectivity index (χ2v) is 5.72. The number of ether oxygens (including phenoxy) is 1. The molecule has 3 rings (SSSR count). The van der Waals surface area contributed by atoms with Crippen LogP contribution in [0.2, 0.25) is 0 Å². The van der Waals surface area contributed by atoms with E-state index < -0.39 is 5.97 Å². The van der Waals surface area contributed by atoms with Crippen molar-refractivity contribution in [2.75, 3.05) is 43.0 Å². The molecule has 1 aromatic carbocycles. The first-order valence-electron chi connectivity index (χ1n) is 8.53. The Hall–Kier alpha value is -3.16. The predicted molar refractivity (Wildman–Crippen MR) is 97.2 cm³/mol. The van der Waals surface area contributed by atoms with E-state index in [-0.39, 0.29) is 12.6 Å². The number of urea groups is 1. The molecule has 1 N–H and O–H groups in total. The number of carbonyl (C=O) groups excluding carboxylic acids is 2. The Bertz CT molecular complexity index is 760. The van der Waals surface area contributed by atoms with Crippen LogP contribution in [0.25, 0.3) is 0 Å². The van der Waals surface area contributed by atoms with E-state index in [1.165, 1.54) is 0 Å². The lowest BCUT2D eigenvalue weighted by molar-refractivity contribution is 0.0527. The number of esters is 1. The van der Waals surface area contributed by atoms with Crippen LogP contribution in [-0.2, 0) is 4.74 Å². The molecule has 0 saturated carbocycles. The smallest absolute Gasteiger partial charge is 0.340 e. The lowest BCUT2D eigenvalue weighted by atomic mass is 10.2. The number of rotatable bonds is 4. The van der Waals surface area contributed by atoms with E-state index in [4.69, 9.17) is 4.74 Å². The third-order valence-electron chi connectivity index (χ3n) is 4.07. The summed E-state index contributed by atoms with van der Waals surface area (Å²) in [7, 11) is 0. The Morgan fingerprint density at radius 1 is 1.08 bits per heavy atom. The van der Waals surface area contributed by atoms with Gasteiger partial charge in [-0.3, -0.25) is 0 Å². The van der Waals surface area contributed by atoms with Crippen LogP contribution in [0.3, 0.4) is 0 Å². The third-order valence-corrected chi connectivity index (χ3v) is 4.07. The predicted octanol–water partition coefficient (Wildman–Crippen LogP) is 2.01. The minimum Gasteiger partial charge on any atom is -0.462 e. The van der Waals surface area contributed by atoms with Crippen molar-refractivity contribution in [3.05, 3.63) is 48.3 Å². The molecular weight excluding hydrogens is 334 g/mol. The van der Waals surface area contributed by atoms with Gasteiger partial charge in [-0.25, -0.2) is 19.6 Å². The molecule has 26 heavy (non-hydrogen) atoms. The molecule has 2 aromatic rings. The Morgan fingerprint density at radius 3 is 2.46 bits per heavy atom. The van der Waals surface area contributed by atoms with Crippen molar-refractivity contribution in [3.8, 4) is 0 Å². The van der Waals surface area contributed by atoms with Crippen molar-refractivity contribution in [1.82, 2.24) is 14.9 Å². The van der Waals surface area contributed by atoms with Gasteiger partial charge in [0.1, 0.15) is 0 Å². The SMILES string of the molecule is CCOC(=O)c1ccccc1NC(=O)N1CCN(c2ncccn2)CC1. The molecule has 0 bridgehead atoms. The van der Waals surface area contributed by atoms with Gasteiger partial charge in [0.25, 0.3) is 0 Å². The van der Waals surface area contributed by atoms with Crippen LogP contribution in [0.5, 0.6) is 0 Å². The normalized spacial score (nSPS) is 14.0. The van der Waals surface area contributed by atoms with Crippen molar-refractivity contribution in [2.24, 2.45) is 0 Å². The van der Waals surface area contributed by atoms with Gasteiger partial charge < -0.3 is 19.9 Å². The van der Waals surface area contributed by atoms with Gasteiger partial charge in [-0.15, -0.1) is 0 Å². The first-order chi connectivity index (χ1) is 12.7. The standard InChI is InChI=1S/C18H21N5O3/c1-2-26-16(24)14-6-3-4-7-15(14)21-18(25)23-12-10-22(11-13-23)17-19-8-5-9-20-17/h3-9H,2,10-13H2,1H3,(H,21,25). The molecule has 1 aliphatic rings. The molecule has 0 radical (unpaired) electrons. The largest absolute Gasteiger partial charge is 0.462 e. The maximum absolute atomic E-state index is 12.6. The summed E-state index contributed by atoms with van der Waals surface area (Å²) in [6, 6.07) is 8.37. The molecule has 136 valence electrons. The van der Waals surface area contributed by atoms with Gasteiger partial charge >= 0.3 is 12.0 Å². The van der Waals surface area contributed by atoms with Crippen molar-refractivity contribution in [1.29, 1.82) is 0 Å². The van der Waals surface area contributed by atoms with Crippen molar-refractivity contribution in [3.63, 3.8) is 0 Å². The van der Waals surface area contributed by atoms with Gasteiger partial charge in [-0.1, -0.05) is 12.1 Å². The van der Waals surface area contributed by atoms with Gasteiger partial charge in [0.2, 0.25) is 5.95 Å². The number of nitrogens with one attached hydrogen (secondary N) is 1. The fourth-order valence-electron chi connectivity index (χ4n) is 2.74. The highest BCUT2D eigenvalue weighted by Gasteiger charge is 2.23. The quantitative estimate of drug-likeness (QED) is 0.844. The van der Waals surface area contributed by atoms with E-state index in [9.17, 15) is 9.59 Å². The van der Waals surface area contributed by atoms with Gasteiger partial charge in [-0.2, -0.15) is 0 Å². The maximum atomic E-state index is 12.6. The Labute approximate surface area is 151 Å². The highest BCUT2D eigenvalue weighted by atomic mass is 16.5. The number of hydrogen-bond donors (Lipinski definition) is 1. The molecule has 0 spiro atoms. The molecule has 2 amide bonds. The van der Waals surface area contributed by atoms with Crippen LogP contribution < -0.4 is 10.2 Å². The number of carbonyl (C=O) groups is 2. The summed E-state index contributed by atoms with van der Waals surface area (Å²) in [4.78, 5) is 36.8. The van der Waals surface area contributed by atoms with E-state index in [0.717, 1.165) is 0 Å². The second kappa shape index (κ2) is 8.28. The molecule has 0 unspecified atom stereocenters. The zero-order valence-electron chi connectivity index (χ0n) is 14.6. The monoisotopic (exact) mass is 355 g/mol. The molecule has 1 aliphatic heterocycles. The maximum Gasteiger partial charge on any atom is 0.340 e. The number of amides is 2. The Balaban J connectivity index is 1.61. The molecule has 1 saturated heterocycles. The lowest BCUT2D eigenvalue weighted by Gasteiger charge is -2.34. The summed E-state index contributed by atoms with van der Waals surface area (Å²) >= 11 is 0. The topological polar surface area (TPSA) is 87.7 Å². The third kappa shape index (κ3) is 4.08. The molecule has 1 aromatic heterocycles. The van der Waals surface area contributed by atoms with Crippen molar-refractivity contribution < 1.29 is 14.3 Å². The average molecular weight is 355 g/mol. The van der Waals surface area contributed by atoms with E-state index in [0.29, 0.717) is 43.4 Å². The first-order valence-corrected chi connectivity index (χ1v) is 8.53. The molecular formula is C18H21N5O3. The number of benzene rings is 1. The van der Waals surface area contributed by atoms with Crippen LogP contribution >= 0.6 is 0 Å². The van der Waals surface area contributed by atoms with Crippen molar-refractivity contribution in [2.45, 2.75) is 6.92 Å². The molecule has 8 heteroatoms. The van der Waals surface area contributed by atoms with Crippen LogP contribution in [0.1, 0.15) is 17.3 Å². The van der Waals surface area contributed by atoms with Crippen LogP contribution in [-0.4, -0.2) is 59.7 Å². The molecule has 8 nitrogen and oxygen atoms in total. The highest BCUT2D eigenvalue weighted by Crippen LogP contribution is 2.18. The van der Waals surface area contributed by atoms with Gasteiger partial charge in [0.15, 0.2) is 0 Å². The Morgan fingerprint density at radius 2 is 1.77 bits per heavy atom. The van der Waals surface area contributed by atoms with Gasteiger partial charge in [0.05, 0.1) is 17.9 Å². The van der Waals surface area contributed by atoms with E-state index in [2.05, 4.69) is 15.3 Å². The zero-order valence-corrected chi connectivity index (χ0v) is 14.6. The minimum atomic E-state index is -0.450. The lowest BCUT2D eigenvalue weighted by Crippen LogP contribution is -2.50. The number of aromatic nitrogens is 2. The molecule has 0 aliphatic carbocycles. The molecule has 1 fully saturated rings. The van der Waals surface area contributed by atoms with Crippen LogP contribution in [0, 0.1) is 0 Å². The minimum absolute atomic E-state index is 0.240. The van der Waals surface area contributed by atoms with Gasteiger partial charge in [0, 0.05) is 38.6 Å². The summed E-state index contributed by atoms with van der Waals surface area (Å²) in [6.07, 6.45) is 3.40. The number of nitrogens with zero attached hydrogens (tertiary/aromatic N) is 4. The Kier molecular flexibility index (Phi) is 5.62. The number of piperazine rings is 1. The zero-order chi connectivity index (χ0) is 18.4. The van der Waals surface area contributed by atoms with E-state index in [1.54, 1.807) is 54.5 Å². The summed E-state index contributed by atoms with van der Waals surface area (Å²) in [5.74, 6) is 0.217. The number of para-hydroxylation sites is 1. The molecule has 2 heterocycles. The number of hydrogen-bond acceptors (Lipinski definition) is 6. The van der Waals surface area contributed by atoms with Crippen LogP contribution in [0.4, 0.5) is 16.4 Å². The van der Waals surface area contributed by atoms with Crippen molar-refractivity contribution >= 4 is 23.6 Å². The summed E-state index contributed by atoms with van der Waals surface area (Å²) in [5.41, 5.74) is 0.795. The average Bonchev–Trinajstić information content (AvgIpc) is 2.69. The van der Waals surface area contributed by atoms with Crippen LogP contribution in [0.15, 0.2) is 42.7 Å². The fourth-order valence-corrected chi connectivity index (χ4v) is 2.74. The second-order valence-electron chi connectivity index (χ2n) is 5.72. The summed E-state index contributed by atoms with van der Waals surface area (Å²) in [6.45, 7) is 4.42. The summed E-state index contributed by atoms with van der Waals surface area (Å²) < 4.78 is 5.03. The van der Waals surface area contributed by atoms with E-state index in [1.807, 2.05) is 4.90 Å².